The Morgan fingerprint density at radius 3 is 2.48 bits per heavy atom. The Kier molecular flexibility index (Phi) is 7.37. The van der Waals surface area contributed by atoms with Crippen molar-refractivity contribution < 1.29 is 28.6 Å². The molecule has 2 aromatic carbocycles. The lowest BCUT2D eigenvalue weighted by atomic mass is 9.90. The van der Waals surface area contributed by atoms with Crippen molar-refractivity contribution >= 4 is 33.6 Å². The second-order valence-corrected chi connectivity index (χ2v) is 7.89. The minimum atomic E-state index is -1.04. The van der Waals surface area contributed by atoms with E-state index in [-0.39, 0.29) is 18.7 Å². The summed E-state index contributed by atoms with van der Waals surface area (Å²) in [6.07, 6.45) is 0.219. The van der Waals surface area contributed by atoms with Crippen molar-refractivity contribution in [3.63, 3.8) is 0 Å². The van der Waals surface area contributed by atoms with Gasteiger partial charge in [-0.25, -0.2) is 9.18 Å². The van der Waals surface area contributed by atoms with E-state index in [4.69, 9.17) is 9.47 Å². The molecule has 0 spiro atoms. The Bertz CT molecular complexity index is 985. The first-order chi connectivity index (χ1) is 14.8. The molecular formula is C22H24BrFN2O5. The van der Waals surface area contributed by atoms with Crippen LogP contribution in [0, 0.1) is 5.82 Å². The monoisotopic (exact) mass is 494 g/mol. The Balaban J connectivity index is 1.95. The van der Waals surface area contributed by atoms with Crippen LogP contribution >= 0.6 is 15.9 Å². The van der Waals surface area contributed by atoms with Crippen LogP contribution in [0.3, 0.4) is 0 Å². The van der Waals surface area contributed by atoms with E-state index in [1.807, 2.05) is 19.9 Å². The average Bonchev–Trinajstić information content (AvgIpc) is 2.71. The molecule has 1 aliphatic rings. The number of carboxylic acids is 1. The van der Waals surface area contributed by atoms with Crippen LogP contribution < -0.4 is 14.8 Å². The number of halogens is 2. The van der Waals surface area contributed by atoms with E-state index in [9.17, 15) is 19.1 Å². The zero-order chi connectivity index (χ0) is 22.5. The number of urea groups is 1. The van der Waals surface area contributed by atoms with E-state index in [0.29, 0.717) is 41.2 Å². The number of carbonyl (C=O) groups is 2. The molecule has 0 saturated carbocycles. The van der Waals surface area contributed by atoms with Crippen molar-refractivity contribution in [2.24, 2.45) is 0 Å². The number of rotatable bonds is 7. The molecule has 0 radical (unpaired) electrons. The predicted octanol–water partition coefficient (Wildman–Crippen LogP) is 4.99. The fraction of sp³-hybridized carbons (Fsp3) is 0.364. The number of carbonyl (C=O) groups excluding carboxylic acids is 1. The van der Waals surface area contributed by atoms with Crippen LogP contribution in [0.1, 0.15) is 37.4 Å². The minimum absolute atomic E-state index is 0.0229. The number of nitrogens with zero attached hydrogens (tertiary/aromatic N) is 1. The summed E-state index contributed by atoms with van der Waals surface area (Å²) in [6.45, 7) is 4.88. The number of anilines is 1. The average molecular weight is 495 g/mol. The van der Waals surface area contributed by atoms with Crippen LogP contribution in [-0.4, -0.2) is 41.8 Å². The number of fused-ring (bicyclic) bond motifs is 1. The first-order valence-electron chi connectivity index (χ1n) is 10.0. The van der Waals surface area contributed by atoms with Crippen LogP contribution in [0.5, 0.6) is 11.5 Å². The molecule has 0 aliphatic carbocycles. The summed E-state index contributed by atoms with van der Waals surface area (Å²) in [5.41, 5.74) is 1.61. The molecule has 0 aromatic heterocycles. The van der Waals surface area contributed by atoms with Gasteiger partial charge in [0.15, 0.2) is 11.5 Å². The lowest BCUT2D eigenvalue weighted by molar-refractivity contribution is -0.138. The highest BCUT2D eigenvalue weighted by Crippen LogP contribution is 2.40. The molecule has 1 atom stereocenters. The molecule has 3 rings (SSSR count). The van der Waals surface area contributed by atoms with Gasteiger partial charge in [0.05, 0.1) is 31.4 Å². The maximum Gasteiger partial charge on any atom is 0.322 e. The Morgan fingerprint density at radius 1 is 1.19 bits per heavy atom. The number of hydrogen-bond acceptors (Lipinski definition) is 4. The van der Waals surface area contributed by atoms with Gasteiger partial charge >= 0.3 is 12.0 Å². The molecule has 0 bridgehead atoms. The van der Waals surface area contributed by atoms with Gasteiger partial charge in [-0.1, -0.05) is 15.9 Å². The number of ether oxygens (including phenoxy) is 2. The predicted molar refractivity (Wildman–Crippen MR) is 117 cm³/mol. The third kappa shape index (κ3) is 5.28. The fourth-order valence-corrected chi connectivity index (χ4v) is 3.99. The minimum Gasteiger partial charge on any atom is -0.490 e. The number of hydrogen-bond donors (Lipinski definition) is 2. The van der Waals surface area contributed by atoms with Crippen LogP contribution in [-0.2, 0) is 11.2 Å². The Morgan fingerprint density at radius 2 is 1.87 bits per heavy atom. The Hall–Kier alpha value is -2.81. The highest BCUT2D eigenvalue weighted by molar-refractivity contribution is 9.10. The molecule has 2 amide bonds. The van der Waals surface area contributed by atoms with Crippen LogP contribution in [0.2, 0.25) is 0 Å². The van der Waals surface area contributed by atoms with Crippen LogP contribution in [0.4, 0.5) is 14.9 Å². The van der Waals surface area contributed by atoms with Gasteiger partial charge in [-0.15, -0.1) is 0 Å². The van der Waals surface area contributed by atoms with Gasteiger partial charge in [0.2, 0.25) is 0 Å². The molecule has 31 heavy (non-hydrogen) atoms. The SMILES string of the molecule is CCOc1cc2c(cc1OCC)[C@H](CC(=O)O)N(C(=O)Nc1ccc(Br)cc1F)CC2. The van der Waals surface area contributed by atoms with Crippen molar-refractivity contribution in [2.45, 2.75) is 32.7 Å². The highest BCUT2D eigenvalue weighted by atomic mass is 79.9. The van der Waals surface area contributed by atoms with Crippen LogP contribution in [0.15, 0.2) is 34.8 Å². The molecule has 9 heteroatoms. The molecular weight excluding hydrogens is 471 g/mol. The largest absolute Gasteiger partial charge is 0.490 e. The Labute approximate surface area is 188 Å². The van der Waals surface area contributed by atoms with E-state index in [1.165, 1.54) is 17.0 Å². The summed E-state index contributed by atoms with van der Waals surface area (Å²) in [5, 5.41) is 12.0. The summed E-state index contributed by atoms with van der Waals surface area (Å²) in [5.74, 6) is -0.543. The molecule has 166 valence electrons. The molecule has 1 heterocycles. The zero-order valence-corrected chi connectivity index (χ0v) is 18.9. The summed E-state index contributed by atoms with van der Waals surface area (Å²) in [7, 11) is 0. The normalized spacial score (nSPS) is 15.2. The van der Waals surface area contributed by atoms with Crippen molar-refractivity contribution in [3.8, 4) is 11.5 Å². The third-order valence-corrected chi connectivity index (χ3v) is 5.46. The summed E-state index contributed by atoms with van der Waals surface area (Å²) >= 11 is 3.18. The summed E-state index contributed by atoms with van der Waals surface area (Å²) in [4.78, 5) is 26.0. The van der Waals surface area contributed by atoms with E-state index in [1.54, 1.807) is 12.1 Å². The lowest BCUT2D eigenvalue weighted by Crippen LogP contribution is -2.43. The standard InChI is InChI=1S/C22H24BrFN2O5/c1-3-30-19-9-13-7-8-26(22(29)25-17-6-5-14(23)10-16(17)24)18(12-21(27)28)15(13)11-20(19)31-4-2/h5-6,9-11,18H,3-4,7-8,12H2,1-2H3,(H,25,29)(H,27,28)/t18-/m0/s1. The molecule has 0 saturated heterocycles. The fourth-order valence-electron chi connectivity index (χ4n) is 3.65. The molecule has 0 unspecified atom stereocenters. The van der Waals surface area contributed by atoms with E-state index in [2.05, 4.69) is 21.2 Å². The number of amides is 2. The number of nitrogens with one attached hydrogen (secondary N) is 1. The van der Waals surface area contributed by atoms with Gasteiger partial charge in [0, 0.05) is 11.0 Å². The number of aliphatic carboxylic acids is 1. The summed E-state index contributed by atoms with van der Waals surface area (Å²) < 4.78 is 26.1. The van der Waals surface area contributed by atoms with Crippen molar-refractivity contribution in [2.75, 3.05) is 25.1 Å². The maximum absolute atomic E-state index is 14.2. The topological polar surface area (TPSA) is 88.1 Å². The maximum atomic E-state index is 14.2. The molecule has 2 aromatic rings. The van der Waals surface area contributed by atoms with Crippen molar-refractivity contribution in [3.05, 3.63) is 51.7 Å². The van der Waals surface area contributed by atoms with E-state index in [0.717, 1.165) is 5.56 Å². The third-order valence-electron chi connectivity index (χ3n) is 4.96. The summed E-state index contributed by atoms with van der Waals surface area (Å²) in [6, 6.07) is 6.62. The second-order valence-electron chi connectivity index (χ2n) is 6.98. The number of benzene rings is 2. The molecule has 2 N–H and O–H groups in total. The van der Waals surface area contributed by atoms with Gasteiger partial charge in [-0.05, 0) is 61.7 Å². The molecule has 0 fully saturated rings. The van der Waals surface area contributed by atoms with E-state index >= 15 is 0 Å². The first kappa shape index (κ1) is 22.9. The van der Waals surface area contributed by atoms with Crippen molar-refractivity contribution in [1.29, 1.82) is 0 Å². The van der Waals surface area contributed by atoms with Gasteiger partial charge < -0.3 is 24.8 Å². The smallest absolute Gasteiger partial charge is 0.322 e. The quantitative estimate of drug-likeness (QED) is 0.565. The lowest BCUT2D eigenvalue weighted by Gasteiger charge is -2.37. The zero-order valence-electron chi connectivity index (χ0n) is 17.3. The highest BCUT2D eigenvalue weighted by Gasteiger charge is 2.34. The van der Waals surface area contributed by atoms with Crippen molar-refractivity contribution in [1.82, 2.24) is 4.90 Å². The second kappa shape index (κ2) is 10.00. The van der Waals surface area contributed by atoms with E-state index < -0.39 is 23.9 Å². The molecule has 7 nitrogen and oxygen atoms in total. The van der Waals surface area contributed by atoms with Gasteiger partial charge in [-0.3, -0.25) is 4.79 Å². The van der Waals surface area contributed by atoms with Gasteiger partial charge in [0.25, 0.3) is 0 Å². The molecule has 1 aliphatic heterocycles. The van der Waals surface area contributed by atoms with Crippen LogP contribution in [0.25, 0.3) is 0 Å². The number of carboxylic acid groups (broad SMARTS) is 1. The van der Waals surface area contributed by atoms with Gasteiger partial charge in [0.1, 0.15) is 5.82 Å². The van der Waals surface area contributed by atoms with Gasteiger partial charge in [-0.2, -0.15) is 0 Å². The first-order valence-corrected chi connectivity index (χ1v) is 10.8.